The quantitative estimate of drug-likeness (QED) is 0.783. The van der Waals surface area contributed by atoms with Gasteiger partial charge < -0.3 is 15.5 Å². The molecule has 5 nitrogen and oxygen atoms in total. The molecule has 108 valence electrons. The molecule has 2 saturated heterocycles. The second kappa shape index (κ2) is 5.90. The van der Waals surface area contributed by atoms with E-state index in [1.54, 1.807) is 6.92 Å². The van der Waals surface area contributed by atoms with E-state index >= 15 is 0 Å². The Bertz CT molecular complexity index is 345. The van der Waals surface area contributed by atoms with E-state index in [4.69, 9.17) is 0 Å². The average molecular weight is 267 g/mol. The molecule has 0 spiro atoms. The number of hydrogen-bond acceptors (Lipinski definition) is 3. The Labute approximate surface area is 115 Å². The molecule has 2 heterocycles. The van der Waals surface area contributed by atoms with Crippen molar-refractivity contribution in [2.75, 3.05) is 26.2 Å². The fourth-order valence-electron chi connectivity index (χ4n) is 2.85. The highest BCUT2D eigenvalue weighted by molar-refractivity contribution is 5.89. The number of carbonyl (C=O) groups is 2. The minimum absolute atomic E-state index is 0.0223. The average Bonchev–Trinajstić information content (AvgIpc) is 2.92. The van der Waals surface area contributed by atoms with Crippen molar-refractivity contribution in [3.63, 3.8) is 0 Å². The summed E-state index contributed by atoms with van der Waals surface area (Å²) in [5.74, 6) is 0.0810. The van der Waals surface area contributed by atoms with E-state index in [-0.39, 0.29) is 17.2 Å². The lowest BCUT2D eigenvalue weighted by Gasteiger charge is -2.34. The van der Waals surface area contributed by atoms with E-state index in [0.717, 1.165) is 51.9 Å². The zero-order valence-electron chi connectivity index (χ0n) is 12.0. The van der Waals surface area contributed by atoms with Crippen molar-refractivity contribution in [2.24, 2.45) is 5.41 Å². The Morgan fingerprint density at radius 1 is 1.21 bits per heavy atom. The molecule has 2 amide bonds. The molecule has 2 fully saturated rings. The fraction of sp³-hybridized carbons (Fsp3) is 0.857. The van der Waals surface area contributed by atoms with Gasteiger partial charge in [-0.3, -0.25) is 9.59 Å². The number of amides is 2. The SMILES string of the molecule is CC(NC(=O)C1(C)CCNCC1)C(=O)N1CCCC1. The van der Waals surface area contributed by atoms with Crippen LogP contribution in [0.25, 0.3) is 0 Å². The summed E-state index contributed by atoms with van der Waals surface area (Å²) in [7, 11) is 0. The summed E-state index contributed by atoms with van der Waals surface area (Å²) in [6.07, 6.45) is 3.83. The fourth-order valence-corrected chi connectivity index (χ4v) is 2.85. The van der Waals surface area contributed by atoms with Crippen LogP contribution in [-0.2, 0) is 9.59 Å². The molecule has 2 N–H and O–H groups in total. The van der Waals surface area contributed by atoms with Crippen LogP contribution in [0.5, 0.6) is 0 Å². The monoisotopic (exact) mass is 267 g/mol. The lowest BCUT2D eigenvalue weighted by molar-refractivity contribution is -0.139. The summed E-state index contributed by atoms with van der Waals surface area (Å²) in [5.41, 5.74) is -0.329. The first-order valence-electron chi connectivity index (χ1n) is 7.33. The highest BCUT2D eigenvalue weighted by Gasteiger charge is 2.36. The molecule has 2 rings (SSSR count). The van der Waals surface area contributed by atoms with E-state index in [1.807, 2.05) is 11.8 Å². The smallest absolute Gasteiger partial charge is 0.244 e. The summed E-state index contributed by atoms with van der Waals surface area (Å²) in [5, 5.41) is 6.17. The molecular weight excluding hydrogens is 242 g/mol. The van der Waals surface area contributed by atoms with E-state index in [9.17, 15) is 9.59 Å². The zero-order valence-corrected chi connectivity index (χ0v) is 12.0. The highest BCUT2D eigenvalue weighted by Crippen LogP contribution is 2.28. The third kappa shape index (κ3) is 3.26. The van der Waals surface area contributed by atoms with Crippen LogP contribution in [0.4, 0.5) is 0 Å². The van der Waals surface area contributed by atoms with E-state index in [1.165, 1.54) is 0 Å². The third-order valence-electron chi connectivity index (χ3n) is 4.39. The predicted molar refractivity (Wildman–Crippen MR) is 73.6 cm³/mol. The number of piperidine rings is 1. The Balaban J connectivity index is 1.88. The van der Waals surface area contributed by atoms with Crippen molar-refractivity contribution in [2.45, 2.75) is 45.6 Å². The van der Waals surface area contributed by atoms with Gasteiger partial charge in [0.2, 0.25) is 11.8 Å². The molecule has 0 bridgehead atoms. The maximum absolute atomic E-state index is 12.3. The number of nitrogens with zero attached hydrogens (tertiary/aromatic N) is 1. The molecule has 0 aromatic heterocycles. The highest BCUT2D eigenvalue weighted by atomic mass is 16.2. The Morgan fingerprint density at radius 3 is 2.37 bits per heavy atom. The summed E-state index contributed by atoms with van der Waals surface area (Å²) in [4.78, 5) is 26.4. The molecule has 5 heteroatoms. The Morgan fingerprint density at radius 2 is 1.79 bits per heavy atom. The number of hydrogen-bond donors (Lipinski definition) is 2. The molecule has 1 unspecified atom stereocenters. The maximum atomic E-state index is 12.3. The summed E-state index contributed by atoms with van der Waals surface area (Å²) >= 11 is 0. The second-order valence-corrected chi connectivity index (χ2v) is 6.04. The zero-order chi connectivity index (χ0) is 13.9. The van der Waals surface area contributed by atoms with E-state index in [2.05, 4.69) is 10.6 Å². The molecule has 0 aromatic carbocycles. The van der Waals surface area contributed by atoms with Crippen molar-refractivity contribution < 1.29 is 9.59 Å². The molecule has 0 saturated carbocycles. The van der Waals surface area contributed by atoms with Gasteiger partial charge in [0.25, 0.3) is 0 Å². The van der Waals surface area contributed by atoms with Crippen LogP contribution in [0.2, 0.25) is 0 Å². The van der Waals surface area contributed by atoms with Gasteiger partial charge in [-0.05, 0) is 45.7 Å². The number of rotatable bonds is 3. The Kier molecular flexibility index (Phi) is 4.45. The number of nitrogens with one attached hydrogen (secondary N) is 2. The van der Waals surface area contributed by atoms with Crippen LogP contribution in [0.3, 0.4) is 0 Å². The first-order valence-corrected chi connectivity index (χ1v) is 7.33. The van der Waals surface area contributed by atoms with Crippen LogP contribution in [0.1, 0.15) is 39.5 Å². The van der Waals surface area contributed by atoms with Crippen molar-refractivity contribution in [3.05, 3.63) is 0 Å². The molecule has 0 aliphatic carbocycles. The Hall–Kier alpha value is -1.10. The van der Waals surface area contributed by atoms with Gasteiger partial charge in [-0.25, -0.2) is 0 Å². The molecule has 2 aliphatic heterocycles. The van der Waals surface area contributed by atoms with Crippen molar-refractivity contribution >= 4 is 11.8 Å². The van der Waals surface area contributed by atoms with E-state index in [0.29, 0.717) is 0 Å². The predicted octanol–water partition coefficient (Wildman–Crippen LogP) is 0.503. The first-order chi connectivity index (χ1) is 9.03. The van der Waals surface area contributed by atoms with Crippen LogP contribution >= 0.6 is 0 Å². The molecule has 19 heavy (non-hydrogen) atoms. The van der Waals surface area contributed by atoms with Crippen LogP contribution < -0.4 is 10.6 Å². The van der Waals surface area contributed by atoms with E-state index < -0.39 is 6.04 Å². The lowest BCUT2D eigenvalue weighted by Crippen LogP contribution is -2.52. The molecule has 0 radical (unpaired) electrons. The topological polar surface area (TPSA) is 61.4 Å². The molecular formula is C14H25N3O2. The van der Waals surface area contributed by atoms with Crippen LogP contribution in [0.15, 0.2) is 0 Å². The summed E-state index contributed by atoms with van der Waals surface area (Å²) in [6.45, 7) is 7.20. The molecule has 1 atom stereocenters. The van der Waals surface area contributed by atoms with Gasteiger partial charge in [-0.2, -0.15) is 0 Å². The van der Waals surface area contributed by atoms with Gasteiger partial charge in [0.1, 0.15) is 6.04 Å². The third-order valence-corrected chi connectivity index (χ3v) is 4.39. The van der Waals surface area contributed by atoms with Gasteiger partial charge in [-0.15, -0.1) is 0 Å². The van der Waals surface area contributed by atoms with Crippen molar-refractivity contribution in [1.82, 2.24) is 15.5 Å². The van der Waals surface area contributed by atoms with Crippen LogP contribution in [0, 0.1) is 5.41 Å². The normalized spacial score (nSPS) is 24.0. The van der Waals surface area contributed by atoms with Crippen LogP contribution in [-0.4, -0.2) is 48.9 Å². The second-order valence-electron chi connectivity index (χ2n) is 6.04. The summed E-state index contributed by atoms with van der Waals surface area (Å²) < 4.78 is 0. The standard InChI is InChI=1S/C14H25N3O2/c1-11(12(18)17-9-3-4-10-17)16-13(19)14(2)5-7-15-8-6-14/h11,15H,3-10H2,1-2H3,(H,16,19). The lowest BCUT2D eigenvalue weighted by atomic mass is 9.80. The number of likely N-dealkylation sites (tertiary alicyclic amines) is 1. The summed E-state index contributed by atoms with van der Waals surface area (Å²) in [6, 6.07) is -0.405. The van der Waals surface area contributed by atoms with Gasteiger partial charge in [0.05, 0.1) is 0 Å². The van der Waals surface area contributed by atoms with Gasteiger partial charge in [0.15, 0.2) is 0 Å². The van der Waals surface area contributed by atoms with Gasteiger partial charge >= 0.3 is 0 Å². The van der Waals surface area contributed by atoms with Gasteiger partial charge in [0, 0.05) is 18.5 Å². The van der Waals surface area contributed by atoms with Gasteiger partial charge in [-0.1, -0.05) is 6.92 Å². The maximum Gasteiger partial charge on any atom is 0.244 e. The number of carbonyl (C=O) groups excluding carboxylic acids is 2. The molecule has 2 aliphatic rings. The first kappa shape index (κ1) is 14.3. The van der Waals surface area contributed by atoms with Crippen molar-refractivity contribution in [3.8, 4) is 0 Å². The largest absolute Gasteiger partial charge is 0.344 e. The van der Waals surface area contributed by atoms with Crippen molar-refractivity contribution in [1.29, 1.82) is 0 Å². The minimum atomic E-state index is -0.405. The minimum Gasteiger partial charge on any atom is -0.344 e. The molecule has 0 aromatic rings.